The molecule has 2 N–H and O–H groups in total. The molecule has 0 saturated carbocycles. The van der Waals surface area contributed by atoms with Crippen LogP contribution in [0.3, 0.4) is 0 Å². The van der Waals surface area contributed by atoms with Crippen LogP contribution in [0.15, 0.2) is 33.8 Å². The van der Waals surface area contributed by atoms with Crippen molar-refractivity contribution in [2.24, 2.45) is 10.7 Å². The number of alkyl halides is 3. The number of rotatable bonds is 4. The van der Waals surface area contributed by atoms with Gasteiger partial charge in [0.15, 0.2) is 6.29 Å². The Morgan fingerprint density at radius 1 is 1.55 bits per heavy atom. The minimum absolute atomic E-state index is 0.0277. The smallest absolute Gasteiger partial charge is 0.394 e. The quantitative estimate of drug-likeness (QED) is 0.528. The van der Waals surface area contributed by atoms with E-state index >= 15 is 0 Å². The number of halogens is 3. The van der Waals surface area contributed by atoms with Crippen molar-refractivity contribution in [3.05, 3.63) is 28.8 Å². The van der Waals surface area contributed by atoms with Crippen molar-refractivity contribution in [2.75, 3.05) is 13.7 Å². The van der Waals surface area contributed by atoms with Gasteiger partial charge in [-0.2, -0.15) is 13.2 Å². The molecule has 0 aliphatic carbocycles. The Labute approximate surface area is 118 Å². The number of thiophene rings is 1. The van der Waals surface area contributed by atoms with Crippen molar-refractivity contribution in [3.63, 3.8) is 0 Å². The highest BCUT2D eigenvalue weighted by Gasteiger charge is 2.33. The number of allylic oxidation sites excluding steroid dienone is 2. The van der Waals surface area contributed by atoms with Gasteiger partial charge in [0, 0.05) is 19.9 Å². The topological polar surface area (TPSA) is 64.7 Å². The van der Waals surface area contributed by atoms with Gasteiger partial charge in [-0.25, -0.2) is 4.99 Å². The summed E-state index contributed by atoms with van der Waals surface area (Å²) in [5.74, 6) is 0. The van der Waals surface area contributed by atoms with Gasteiger partial charge in [-0.15, -0.1) is 11.3 Å². The summed E-state index contributed by atoms with van der Waals surface area (Å²) in [5, 5.41) is 2.21. The van der Waals surface area contributed by atoms with E-state index in [4.69, 9.17) is 5.73 Å². The zero-order chi connectivity index (χ0) is 15.6. The van der Waals surface area contributed by atoms with Gasteiger partial charge in [-0.1, -0.05) is 0 Å². The Bertz CT molecular complexity index is 452. The number of aliphatic imine (C=N–C) groups is 1. The molecule has 1 rings (SSSR count). The molecule has 112 valence electrons. The average Bonchev–Trinajstić information content (AvgIpc) is 2.91. The maximum Gasteiger partial charge on any atom is 0.431 e. The fraction of sp³-hybridized carbons (Fsp3) is 0.333. The molecular formula is C12H15F3N2O2S. The molecule has 0 radical (unpaired) electrons. The van der Waals surface area contributed by atoms with Crippen LogP contribution in [-0.4, -0.2) is 32.4 Å². The zero-order valence-corrected chi connectivity index (χ0v) is 11.8. The van der Waals surface area contributed by atoms with E-state index in [-0.39, 0.29) is 6.29 Å². The lowest BCUT2D eigenvalue weighted by atomic mass is 10.2. The molecule has 8 heteroatoms. The number of carbonyl (C=O) groups excluding carboxylic acids is 1. The lowest BCUT2D eigenvalue weighted by molar-refractivity contribution is -0.107. The third kappa shape index (κ3) is 7.05. The number of nitrogens with zero attached hydrogens (tertiary/aromatic N) is 1. The minimum Gasteiger partial charge on any atom is -0.394 e. The van der Waals surface area contributed by atoms with E-state index < -0.39 is 17.4 Å². The van der Waals surface area contributed by atoms with E-state index in [0.29, 0.717) is 5.00 Å². The highest BCUT2D eigenvalue weighted by Crippen LogP contribution is 2.24. The van der Waals surface area contributed by atoms with Gasteiger partial charge in [0.05, 0.1) is 5.57 Å². The zero-order valence-electron chi connectivity index (χ0n) is 11.0. The van der Waals surface area contributed by atoms with E-state index in [0.717, 1.165) is 12.8 Å². The van der Waals surface area contributed by atoms with Crippen molar-refractivity contribution in [1.82, 2.24) is 0 Å². The Kier molecular flexibility index (Phi) is 8.49. The molecular weight excluding hydrogens is 293 g/mol. The molecule has 0 atom stereocenters. The summed E-state index contributed by atoms with van der Waals surface area (Å²) in [6, 6.07) is 3.29. The SMILES string of the molecule is CCOC.N/C(=C(C=O)\C=N\c1cccs1)C(F)(F)F. The van der Waals surface area contributed by atoms with E-state index in [1.807, 2.05) is 6.92 Å². The fourth-order valence-corrected chi connectivity index (χ4v) is 1.37. The van der Waals surface area contributed by atoms with Crippen molar-refractivity contribution >= 4 is 28.8 Å². The second-order valence-corrected chi connectivity index (χ2v) is 4.20. The average molecular weight is 308 g/mol. The number of aldehydes is 1. The normalized spacial score (nSPS) is 12.7. The van der Waals surface area contributed by atoms with E-state index in [2.05, 4.69) is 9.73 Å². The third-order valence-corrected chi connectivity index (χ3v) is 2.65. The molecule has 0 spiro atoms. The first kappa shape index (κ1) is 18.3. The summed E-state index contributed by atoms with van der Waals surface area (Å²) in [5.41, 5.74) is 2.66. The first-order valence-corrected chi connectivity index (χ1v) is 6.33. The van der Waals surface area contributed by atoms with Crippen molar-refractivity contribution in [1.29, 1.82) is 0 Å². The van der Waals surface area contributed by atoms with Crippen LogP contribution in [0, 0.1) is 0 Å². The molecule has 0 aliphatic heterocycles. The number of methoxy groups -OCH3 is 1. The standard InChI is InChI=1S/C9H7F3N2OS.C3H8O/c10-9(11,12)8(13)6(5-15)4-14-7-2-1-3-16-7;1-3-4-2/h1-5H,13H2;3H2,1-2H3/b8-6+,14-4+;. The number of ether oxygens (including phenoxy) is 1. The summed E-state index contributed by atoms with van der Waals surface area (Å²) >= 11 is 1.24. The molecule has 4 nitrogen and oxygen atoms in total. The summed E-state index contributed by atoms with van der Waals surface area (Å²) in [4.78, 5) is 14.1. The molecule has 1 aromatic heterocycles. The van der Waals surface area contributed by atoms with E-state index in [1.54, 1.807) is 24.6 Å². The molecule has 0 unspecified atom stereocenters. The lowest BCUT2D eigenvalue weighted by Gasteiger charge is -2.06. The summed E-state index contributed by atoms with van der Waals surface area (Å²) in [6.07, 6.45) is -3.89. The van der Waals surface area contributed by atoms with Gasteiger partial charge in [-0.05, 0) is 24.4 Å². The molecule has 0 aliphatic rings. The van der Waals surface area contributed by atoms with Crippen LogP contribution in [0.5, 0.6) is 0 Å². The van der Waals surface area contributed by atoms with Crippen LogP contribution in [-0.2, 0) is 9.53 Å². The highest BCUT2D eigenvalue weighted by atomic mass is 32.1. The van der Waals surface area contributed by atoms with Gasteiger partial charge >= 0.3 is 6.18 Å². The predicted octanol–water partition coefficient (Wildman–Crippen LogP) is 3.08. The van der Waals surface area contributed by atoms with Crippen LogP contribution in [0.25, 0.3) is 0 Å². The number of hydrogen-bond donors (Lipinski definition) is 1. The fourth-order valence-electron chi connectivity index (χ4n) is 0.804. The van der Waals surface area contributed by atoms with Crippen molar-refractivity contribution in [3.8, 4) is 0 Å². The van der Waals surface area contributed by atoms with Crippen LogP contribution in [0.1, 0.15) is 6.92 Å². The van der Waals surface area contributed by atoms with Gasteiger partial charge in [0.1, 0.15) is 10.7 Å². The van der Waals surface area contributed by atoms with Gasteiger partial charge < -0.3 is 10.5 Å². The highest BCUT2D eigenvalue weighted by molar-refractivity contribution is 7.13. The summed E-state index contributed by atoms with van der Waals surface area (Å²) in [7, 11) is 1.68. The Morgan fingerprint density at radius 2 is 2.15 bits per heavy atom. The molecule has 0 saturated heterocycles. The summed E-state index contributed by atoms with van der Waals surface area (Å²) < 4.78 is 41.0. The molecule has 1 aromatic rings. The van der Waals surface area contributed by atoms with Gasteiger partial charge in [0.2, 0.25) is 0 Å². The summed E-state index contributed by atoms with van der Waals surface area (Å²) in [6.45, 7) is 2.78. The number of nitrogens with two attached hydrogens (primary N) is 1. The monoisotopic (exact) mass is 308 g/mol. The van der Waals surface area contributed by atoms with Crippen molar-refractivity contribution < 1.29 is 22.7 Å². The molecule has 0 amide bonds. The third-order valence-electron chi connectivity index (χ3n) is 1.87. The molecule has 20 heavy (non-hydrogen) atoms. The minimum atomic E-state index is -4.72. The predicted molar refractivity (Wildman–Crippen MR) is 73.4 cm³/mol. The van der Waals surface area contributed by atoms with E-state index in [9.17, 15) is 18.0 Å². The van der Waals surface area contributed by atoms with E-state index in [1.165, 1.54) is 11.3 Å². The number of carbonyl (C=O) groups is 1. The van der Waals surface area contributed by atoms with Crippen LogP contribution >= 0.6 is 11.3 Å². The molecule has 1 heterocycles. The maximum atomic E-state index is 12.2. The Morgan fingerprint density at radius 3 is 2.50 bits per heavy atom. The molecule has 0 fully saturated rings. The maximum absolute atomic E-state index is 12.2. The number of hydrogen-bond acceptors (Lipinski definition) is 5. The van der Waals surface area contributed by atoms with Crippen LogP contribution in [0.4, 0.5) is 18.2 Å². The second kappa shape index (κ2) is 9.27. The first-order chi connectivity index (χ1) is 9.36. The van der Waals surface area contributed by atoms with Gasteiger partial charge in [0.25, 0.3) is 0 Å². The first-order valence-electron chi connectivity index (χ1n) is 5.45. The molecule has 0 aromatic carbocycles. The Balaban J connectivity index is 0.000000796. The van der Waals surface area contributed by atoms with Gasteiger partial charge in [-0.3, -0.25) is 4.79 Å². The Hall–Kier alpha value is -1.67. The van der Waals surface area contributed by atoms with Crippen molar-refractivity contribution in [2.45, 2.75) is 13.1 Å². The largest absolute Gasteiger partial charge is 0.431 e. The molecule has 0 bridgehead atoms. The second-order valence-electron chi connectivity index (χ2n) is 3.27. The van der Waals surface area contributed by atoms with Crippen LogP contribution < -0.4 is 5.73 Å². The lowest BCUT2D eigenvalue weighted by Crippen LogP contribution is -2.22. The van der Waals surface area contributed by atoms with Crippen LogP contribution in [0.2, 0.25) is 0 Å².